The Kier molecular flexibility index (Phi) is 3.98. The number of nitrogens with zero attached hydrogens (tertiary/aromatic N) is 2. The van der Waals surface area contributed by atoms with Gasteiger partial charge in [0.05, 0.1) is 12.5 Å². The summed E-state index contributed by atoms with van der Waals surface area (Å²) in [5.74, 6) is -0.671. The molecule has 7 nitrogen and oxygen atoms in total. The summed E-state index contributed by atoms with van der Waals surface area (Å²) in [6, 6.07) is -0.0212. The molecular weight excluding hydrogens is 300 g/mol. The van der Waals surface area contributed by atoms with E-state index in [9.17, 15) is 9.59 Å². The average Bonchev–Trinajstić information content (AvgIpc) is 2.99. The van der Waals surface area contributed by atoms with Gasteiger partial charge < -0.3 is 19.2 Å². The van der Waals surface area contributed by atoms with Gasteiger partial charge in [0.25, 0.3) is 0 Å². The Balaban J connectivity index is 1.80. The molecule has 3 heterocycles. The maximum absolute atomic E-state index is 12.6. The molecule has 1 amide bonds. The fourth-order valence-corrected chi connectivity index (χ4v) is 3.79. The highest BCUT2D eigenvalue weighted by atomic mass is 16.6. The topological polar surface area (TPSA) is 77.4 Å². The first kappa shape index (κ1) is 16.1. The van der Waals surface area contributed by atoms with Crippen molar-refractivity contribution in [3.05, 3.63) is 0 Å². The summed E-state index contributed by atoms with van der Waals surface area (Å²) in [6.45, 7) is 7.60. The average molecular weight is 324 g/mol. The zero-order valence-corrected chi connectivity index (χ0v) is 14.1. The van der Waals surface area contributed by atoms with Gasteiger partial charge in [-0.3, -0.25) is 0 Å². The van der Waals surface area contributed by atoms with Crippen LogP contribution in [0.1, 0.15) is 47.0 Å². The van der Waals surface area contributed by atoms with Crippen LogP contribution in [0.2, 0.25) is 0 Å². The Hall–Kier alpha value is -1.79. The lowest BCUT2D eigenvalue weighted by atomic mass is 9.84. The summed E-state index contributed by atoms with van der Waals surface area (Å²) in [4.78, 5) is 31.9. The molecule has 0 saturated carbocycles. The molecule has 0 aromatic heterocycles. The molecule has 128 valence electrons. The van der Waals surface area contributed by atoms with E-state index >= 15 is 0 Å². The van der Waals surface area contributed by atoms with Gasteiger partial charge in [0.2, 0.25) is 0 Å². The van der Waals surface area contributed by atoms with Crippen LogP contribution in [0.3, 0.4) is 0 Å². The molecule has 0 aliphatic carbocycles. The number of carbonyl (C=O) groups is 2. The summed E-state index contributed by atoms with van der Waals surface area (Å²) < 4.78 is 10.6. The third-order valence-corrected chi connectivity index (χ3v) is 4.56. The number of rotatable bonds is 2. The number of oxime groups is 1. The van der Waals surface area contributed by atoms with Crippen molar-refractivity contribution in [2.75, 3.05) is 6.61 Å². The van der Waals surface area contributed by atoms with Crippen molar-refractivity contribution in [2.45, 2.75) is 70.7 Å². The second-order valence-electron chi connectivity index (χ2n) is 7.29. The predicted molar refractivity (Wildman–Crippen MR) is 81.9 cm³/mol. The number of piperidine rings is 1. The molecule has 0 aromatic carbocycles. The van der Waals surface area contributed by atoms with Crippen molar-refractivity contribution < 1.29 is 23.9 Å². The first-order valence-electron chi connectivity index (χ1n) is 8.24. The summed E-state index contributed by atoms with van der Waals surface area (Å²) in [7, 11) is 0. The van der Waals surface area contributed by atoms with Gasteiger partial charge in [-0.2, -0.15) is 0 Å². The zero-order chi connectivity index (χ0) is 16.8. The minimum absolute atomic E-state index is 0.0906. The molecule has 0 unspecified atom stereocenters. The highest BCUT2D eigenvalue weighted by Gasteiger charge is 2.56. The SMILES string of the molecule is CCOC(=O)C1=NO[C@@H]2C[C@H]3CC[C@@H]([C@H]12)N3C(=O)OC(C)(C)C. The minimum atomic E-state index is -0.544. The lowest BCUT2D eigenvalue weighted by Crippen LogP contribution is -2.56. The molecular formula is C16H24N2O5. The standard InChI is InChI=1S/C16H24N2O5/c1-5-21-14(19)13-12-10-7-6-9(8-11(12)23-17-13)18(10)15(20)22-16(2,3)4/h9-12H,5-8H2,1-4H3/t9-,10+,11-,12+/m1/s1. The number of hydrogen-bond donors (Lipinski definition) is 0. The molecule has 0 N–H and O–H groups in total. The monoisotopic (exact) mass is 324 g/mol. The van der Waals surface area contributed by atoms with Gasteiger partial charge in [-0.05, 0) is 40.5 Å². The number of esters is 1. The molecule has 3 rings (SSSR count). The highest BCUT2D eigenvalue weighted by Crippen LogP contribution is 2.44. The first-order valence-corrected chi connectivity index (χ1v) is 8.24. The fraction of sp³-hybridized carbons (Fsp3) is 0.812. The summed E-state index contributed by atoms with van der Waals surface area (Å²) in [5.41, 5.74) is -0.242. The van der Waals surface area contributed by atoms with E-state index in [4.69, 9.17) is 14.3 Å². The van der Waals surface area contributed by atoms with Gasteiger partial charge in [-0.1, -0.05) is 5.16 Å². The van der Waals surface area contributed by atoms with Gasteiger partial charge in [0.15, 0.2) is 5.71 Å². The second kappa shape index (κ2) is 5.69. The van der Waals surface area contributed by atoms with Crippen LogP contribution in [-0.4, -0.2) is 53.1 Å². The third kappa shape index (κ3) is 2.88. The summed E-state index contributed by atoms with van der Waals surface area (Å²) in [6.07, 6.45) is 1.93. The van der Waals surface area contributed by atoms with Crippen molar-refractivity contribution in [2.24, 2.45) is 11.1 Å². The van der Waals surface area contributed by atoms with Gasteiger partial charge in [-0.25, -0.2) is 9.59 Å². The van der Waals surface area contributed by atoms with Crippen LogP contribution in [0, 0.1) is 5.92 Å². The van der Waals surface area contributed by atoms with Gasteiger partial charge in [0, 0.05) is 18.5 Å². The Bertz CT molecular complexity index is 539. The van der Waals surface area contributed by atoms with Crippen molar-refractivity contribution >= 4 is 17.8 Å². The third-order valence-electron chi connectivity index (χ3n) is 4.56. The summed E-state index contributed by atoms with van der Waals surface area (Å²) in [5, 5.41) is 3.95. The van der Waals surface area contributed by atoms with E-state index in [0.29, 0.717) is 12.1 Å². The molecule has 3 aliphatic heterocycles. The number of ether oxygens (including phenoxy) is 2. The molecule has 2 bridgehead atoms. The maximum atomic E-state index is 12.6. The molecule has 0 radical (unpaired) electrons. The van der Waals surface area contributed by atoms with Gasteiger partial charge in [0.1, 0.15) is 11.7 Å². The smallest absolute Gasteiger partial charge is 0.410 e. The van der Waals surface area contributed by atoms with Crippen molar-refractivity contribution in [3.8, 4) is 0 Å². The number of fused-ring (bicyclic) bond motifs is 4. The fourth-order valence-electron chi connectivity index (χ4n) is 3.79. The van der Waals surface area contributed by atoms with E-state index in [1.54, 1.807) is 11.8 Å². The van der Waals surface area contributed by atoms with Crippen LogP contribution < -0.4 is 0 Å². The minimum Gasteiger partial charge on any atom is -0.461 e. The molecule has 23 heavy (non-hydrogen) atoms. The van der Waals surface area contributed by atoms with Crippen LogP contribution in [0.5, 0.6) is 0 Å². The largest absolute Gasteiger partial charge is 0.461 e. The molecule has 0 aromatic rings. The lowest BCUT2D eigenvalue weighted by molar-refractivity contribution is -0.135. The Morgan fingerprint density at radius 2 is 2.09 bits per heavy atom. The first-order chi connectivity index (χ1) is 10.8. The number of amides is 1. The van der Waals surface area contributed by atoms with Crippen molar-refractivity contribution in [3.63, 3.8) is 0 Å². The van der Waals surface area contributed by atoms with E-state index in [-0.39, 0.29) is 36.8 Å². The number of hydrogen-bond acceptors (Lipinski definition) is 6. The molecule has 0 spiro atoms. The highest BCUT2D eigenvalue weighted by molar-refractivity contribution is 6.37. The summed E-state index contributed by atoms with van der Waals surface area (Å²) >= 11 is 0. The zero-order valence-electron chi connectivity index (χ0n) is 14.1. The molecule has 2 fully saturated rings. The second-order valence-corrected chi connectivity index (χ2v) is 7.29. The quantitative estimate of drug-likeness (QED) is 0.727. The van der Waals surface area contributed by atoms with Crippen LogP contribution in [0.25, 0.3) is 0 Å². The Labute approximate surface area is 135 Å². The van der Waals surface area contributed by atoms with Crippen molar-refractivity contribution in [1.29, 1.82) is 0 Å². The normalized spacial score (nSPS) is 32.0. The van der Waals surface area contributed by atoms with E-state index in [1.807, 2.05) is 20.8 Å². The van der Waals surface area contributed by atoms with Gasteiger partial charge >= 0.3 is 12.1 Å². The molecule has 2 saturated heterocycles. The lowest BCUT2D eigenvalue weighted by Gasteiger charge is -2.40. The predicted octanol–water partition coefficient (Wildman–Crippen LogP) is 2.09. The van der Waals surface area contributed by atoms with Crippen LogP contribution in [0.15, 0.2) is 5.16 Å². The molecule has 7 heteroatoms. The maximum Gasteiger partial charge on any atom is 0.410 e. The van der Waals surface area contributed by atoms with Gasteiger partial charge in [-0.15, -0.1) is 0 Å². The molecule has 4 atom stereocenters. The van der Waals surface area contributed by atoms with Crippen LogP contribution in [-0.2, 0) is 19.1 Å². The van der Waals surface area contributed by atoms with E-state index in [1.165, 1.54) is 0 Å². The van der Waals surface area contributed by atoms with Crippen LogP contribution >= 0.6 is 0 Å². The van der Waals surface area contributed by atoms with E-state index < -0.39 is 11.6 Å². The van der Waals surface area contributed by atoms with E-state index in [2.05, 4.69) is 5.16 Å². The van der Waals surface area contributed by atoms with Crippen LogP contribution in [0.4, 0.5) is 4.79 Å². The van der Waals surface area contributed by atoms with Crippen molar-refractivity contribution in [1.82, 2.24) is 4.90 Å². The number of carbonyl (C=O) groups excluding carboxylic acids is 2. The van der Waals surface area contributed by atoms with E-state index in [0.717, 1.165) is 12.8 Å². The molecule has 3 aliphatic rings. The Morgan fingerprint density at radius 1 is 1.35 bits per heavy atom. The Morgan fingerprint density at radius 3 is 2.74 bits per heavy atom.